The van der Waals surface area contributed by atoms with Crippen LogP contribution in [0.15, 0.2) is 12.1 Å². The van der Waals surface area contributed by atoms with E-state index in [0.717, 1.165) is 0 Å². The van der Waals surface area contributed by atoms with Gasteiger partial charge in [-0.15, -0.1) is 0 Å². The van der Waals surface area contributed by atoms with Gasteiger partial charge in [0.15, 0.2) is 0 Å². The molecule has 0 fully saturated rings. The van der Waals surface area contributed by atoms with E-state index in [0.29, 0.717) is 16.6 Å². The van der Waals surface area contributed by atoms with Crippen LogP contribution in [0.25, 0.3) is 11.0 Å². The smallest absolute Gasteiger partial charge is 0.287 e. The Balaban J connectivity index is 2.80. The fourth-order valence-corrected chi connectivity index (χ4v) is 1.37. The topological polar surface area (TPSA) is 71.8 Å². The standard InChI is InChI=1S/C8H6FN3O2/c1-4-6(12(13)14)3-2-5-7(4)11-8(9)10-5/h2-3H,1H3,(H,10,11). The van der Waals surface area contributed by atoms with Gasteiger partial charge < -0.3 is 4.98 Å². The number of nitrogens with zero attached hydrogens (tertiary/aromatic N) is 2. The van der Waals surface area contributed by atoms with Crippen LogP contribution < -0.4 is 0 Å². The Bertz CT molecular complexity index is 521. The van der Waals surface area contributed by atoms with Gasteiger partial charge in [-0.1, -0.05) is 0 Å². The highest BCUT2D eigenvalue weighted by atomic mass is 19.1. The highest BCUT2D eigenvalue weighted by Crippen LogP contribution is 2.24. The molecular weight excluding hydrogens is 189 g/mol. The molecule has 1 heterocycles. The molecule has 2 rings (SSSR count). The quantitative estimate of drug-likeness (QED) is 0.558. The van der Waals surface area contributed by atoms with Crippen LogP contribution in [0.1, 0.15) is 5.56 Å². The molecule has 0 bridgehead atoms. The van der Waals surface area contributed by atoms with Crippen molar-refractivity contribution >= 4 is 16.7 Å². The lowest BCUT2D eigenvalue weighted by molar-refractivity contribution is -0.385. The maximum absolute atomic E-state index is 12.7. The Morgan fingerprint density at radius 1 is 1.57 bits per heavy atom. The maximum Gasteiger partial charge on any atom is 0.287 e. The van der Waals surface area contributed by atoms with Crippen LogP contribution in [0.2, 0.25) is 0 Å². The molecule has 0 saturated heterocycles. The summed E-state index contributed by atoms with van der Waals surface area (Å²) in [6.07, 6.45) is -0.733. The number of H-pyrrole nitrogens is 1. The van der Waals surface area contributed by atoms with Crippen molar-refractivity contribution < 1.29 is 9.31 Å². The number of hydrogen-bond donors (Lipinski definition) is 1. The van der Waals surface area contributed by atoms with Gasteiger partial charge in [-0.3, -0.25) is 10.1 Å². The number of imidazole rings is 1. The zero-order chi connectivity index (χ0) is 10.3. The minimum Gasteiger partial charge on any atom is -0.314 e. The molecule has 0 atom stereocenters. The van der Waals surface area contributed by atoms with Gasteiger partial charge in [-0.05, 0) is 13.0 Å². The first kappa shape index (κ1) is 8.61. The van der Waals surface area contributed by atoms with Crippen molar-refractivity contribution in [2.45, 2.75) is 6.92 Å². The van der Waals surface area contributed by atoms with Gasteiger partial charge >= 0.3 is 0 Å². The Morgan fingerprint density at radius 2 is 2.29 bits per heavy atom. The van der Waals surface area contributed by atoms with Gasteiger partial charge in [0.1, 0.15) is 5.52 Å². The number of nitrogens with one attached hydrogen (secondary N) is 1. The molecule has 1 N–H and O–H groups in total. The molecule has 72 valence electrons. The van der Waals surface area contributed by atoms with E-state index in [1.807, 2.05) is 0 Å². The summed E-state index contributed by atoms with van der Waals surface area (Å²) in [5.41, 5.74) is 1.08. The fourth-order valence-electron chi connectivity index (χ4n) is 1.37. The van der Waals surface area contributed by atoms with Gasteiger partial charge in [-0.25, -0.2) is 4.98 Å². The summed E-state index contributed by atoms with van der Waals surface area (Å²) in [6.45, 7) is 1.54. The zero-order valence-electron chi connectivity index (χ0n) is 7.24. The summed E-state index contributed by atoms with van der Waals surface area (Å²) in [5.74, 6) is 0. The van der Waals surface area contributed by atoms with E-state index in [2.05, 4.69) is 9.97 Å². The molecule has 1 aromatic carbocycles. The second-order valence-corrected chi connectivity index (χ2v) is 2.89. The zero-order valence-corrected chi connectivity index (χ0v) is 7.24. The first-order chi connectivity index (χ1) is 6.59. The molecule has 0 aliphatic heterocycles. The summed E-state index contributed by atoms with van der Waals surface area (Å²) in [7, 11) is 0. The lowest BCUT2D eigenvalue weighted by Crippen LogP contribution is -1.91. The Labute approximate surface area is 77.7 Å². The molecule has 0 saturated carbocycles. The first-order valence-electron chi connectivity index (χ1n) is 3.89. The Morgan fingerprint density at radius 3 is 2.93 bits per heavy atom. The molecule has 0 spiro atoms. The van der Waals surface area contributed by atoms with Crippen molar-refractivity contribution in [3.63, 3.8) is 0 Å². The van der Waals surface area contributed by atoms with Crippen LogP contribution in [0.5, 0.6) is 0 Å². The van der Waals surface area contributed by atoms with Crippen molar-refractivity contribution in [2.24, 2.45) is 0 Å². The van der Waals surface area contributed by atoms with E-state index in [9.17, 15) is 14.5 Å². The average molecular weight is 195 g/mol. The third-order valence-corrected chi connectivity index (χ3v) is 2.05. The molecule has 0 unspecified atom stereocenters. The van der Waals surface area contributed by atoms with Crippen LogP contribution >= 0.6 is 0 Å². The van der Waals surface area contributed by atoms with E-state index in [-0.39, 0.29) is 5.69 Å². The molecule has 0 amide bonds. The normalized spacial score (nSPS) is 10.7. The molecular formula is C8H6FN3O2. The summed E-state index contributed by atoms with van der Waals surface area (Å²) in [5, 5.41) is 10.5. The average Bonchev–Trinajstić information content (AvgIpc) is 2.46. The molecule has 0 radical (unpaired) electrons. The number of nitro benzene ring substituents is 1. The number of rotatable bonds is 1. The molecule has 6 heteroatoms. The minimum absolute atomic E-state index is 0.0519. The summed E-state index contributed by atoms with van der Waals surface area (Å²) in [4.78, 5) is 15.9. The molecule has 0 aliphatic rings. The molecule has 14 heavy (non-hydrogen) atoms. The lowest BCUT2D eigenvalue weighted by Gasteiger charge is -1.96. The third kappa shape index (κ3) is 1.12. The predicted molar refractivity (Wildman–Crippen MR) is 47.4 cm³/mol. The van der Waals surface area contributed by atoms with Crippen LogP contribution in [0.3, 0.4) is 0 Å². The third-order valence-electron chi connectivity index (χ3n) is 2.05. The summed E-state index contributed by atoms with van der Waals surface area (Å²) < 4.78 is 12.7. The predicted octanol–water partition coefficient (Wildman–Crippen LogP) is 1.92. The molecule has 0 aliphatic carbocycles. The van der Waals surface area contributed by atoms with Crippen LogP contribution in [0.4, 0.5) is 10.1 Å². The van der Waals surface area contributed by atoms with E-state index in [4.69, 9.17) is 0 Å². The molecule has 1 aromatic heterocycles. The van der Waals surface area contributed by atoms with Crippen molar-refractivity contribution in [3.8, 4) is 0 Å². The first-order valence-corrected chi connectivity index (χ1v) is 3.89. The highest BCUT2D eigenvalue weighted by Gasteiger charge is 2.15. The number of hydrogen-bond acceptors (Lipinski definition) is 3. The van der Waals surface area contributed by atoms with Crippen molar-refractivity contribution in [1.82, 2.24) is 9.97 Å². The second-order valence-electron chi connectivity index (χ2n) is 2.89. The van der Waals surface area contributed by atoms with Crippen LogP contribution in [-0.4, -0.2) is 14.9 Å². The van der Waals surface area contributed by atoms with Crippen LogP contribution in [-0.2, 0) is 0 Å². The molecule has 5 nitrogen and oxygen atoms in total. The number of aryl methyl sites for hydroxylation is 1. The number of aromatic amines is 1. The SMILES string of the molecule is Cc1c([N+](=O)[O-])ccc2[nH]c(F)nc12. The number of fused-ring (bicyclic) bond motifs is 1. The van der Waals surface area contributed by atoms with Crippen molar-refractivity contribution in [1.29, 1.82) is 0 Å². The van der Waals surface area contributed by atoms with E-state index < -0.39 is 11.0 Å². The largest absolute Gasteiger partial charge is 0.314 e. The summed E-state index contributed by atoms with van der Waals surface area (Å²) >= 11 is 0. The fraction of sp³-hybridized carbons (Fsp3) is 0.125. The number of benzene rings is 1. The monoisotopic (exact) mass is 195 g/mol. The van der Waals surface area contributed by atoms with E-state index in [1.54, 1.807) is 6.92 Å². The van der Waals surface area contributed by atoms with Gasteiger partial charge in [0.25, 0.3) is 11.8 Å². The molecule has 2 aromatic rings. The maximum atomic E-state index is 12.7. The summed E-state index contributed by atoms with van der Waals surface area (Å²) in [6, 6.07) is 2.77. The van der Waals surface area contributed by atoms with E-state index in [1.165, 1.54) is 12.1 Å². The Hall–Kier alpha value is -1.98. The van der Waals surface area contributed by atoms with Crippen LogP contribution in [0, 0.1) is 23.1 Å². The van der Waals surface area contributed by atoms with E-state index >= 15 is 0 Å². The lowest BCUT2D eigenvalue weighted by atomic mass is 10.1. The van der Waals surface area contributed by atoms with Gasteiger partial charge in [0.2, 0.25) is 0 Å². The van der Waals surface area contributed by atoms with Crippen molar-refractivity contribution in [2.75, 3.05) is 0 Å². The van der Waals surface area contributed by atoms with Gasteiger partial charge in [0.05, 0.1) is 16.0 Å². The van der Waals surface area contributed by atoms with Crippen molar-refractivity contribution in [3.05, 3.63) is 33.9 Å². The highest BCUT2D eigenvalue weighted by molar-refractivity contribution is 5.81. The number of nitro groups is 1. The van der Waals surface area contributed by atoms with Gasteiger partial charge in [0, 0.05) is 6.07 Å². The second kappa shape index (κ2) is 2.76. The number of aromatic nitrogens is 2. The minimum atomic E-state index is -0.733. The van der Waals surface area contributed by atoms with Gasteiger partial charge in [-0.2, -0.15) is 4.39 Å². The Kier molecular flexibility index (Phi) is 1.70. The number of halogens is 1.